The maximum atomic E-state index is 12.5. The molecule has 0 aromatic heterocycles. The third-order valence-corrected chi connectivity index (χ3v) is 4.26. The summed E-state index contributed by atoms with van der Waals surface area (Å²) >= 11 is 3.36. The Morgan fingerprint density at radius 2 is 1.85 bits per heavy atom. The van der Waals surface area contributed by atoms with E-state index >= 15 is 0 Å². The second-order valence-electron chi connectivity index (χ2n) is 5.29. The highest BCUT2D eigenvalue weighted by molar-refractivity contribution is 9.10. The fourth-order valence-corrected chi connectivity index (χ4v) is 2.72. The van der Waals surface area contributed by atoms with E-state index in [1.165, 1.54) is 20.3 Å². The van der Waals surface area contributed by atoms with Crippen molar-refractivity contribution < 1.29 is 19.0 Å². The van der Waals surface area contributed by atoms with E-state index in [9.17, 15) is 10.1 Å². The number of hydrogen-bond acceptors (Lipinski definition) is 5. The van der Waals surface area contributed by atoms with Crippen molar-refractivity contribution in [2.75, 3.05) is 26.1 Å². The van der Waals surface area contributed by atoms with Crippen molar-refractivity contribution in [1.82, 2.24) is 0 Å². The van der Waals surface area contributed by atoms with E-state index in [2.05, 4.69) is 21.2 Å². The zero-order valence-corrected chi connectivity index (χ0v) is 16.8. The van der Waals surface area contributed by atoms with Crippen molar-refractivity contribution in [1.29, 1.82) is 5.26 Å². The smallest absolute Gasteiger partial charge is 0.266 e. The molecule has 0 radical (unpaired) electrons. The Morgan fingerprint density at radius 1 is 1.22 bits per heavy atom. The number of benzene rings is 2. The van der Waals surface area contributed by atoms with Crippen LogP contribution in [0.4, 0.5) is 5.69 Å². The quantitative estimate of drug-likeness (QED) is 0.519. The van der Waals surface area contributed by atoms with E-state index in [0.29, 0.717) is 35.1 Å². The summed E-state index contributed by atoms with van der Waals surface area (Å²) in [7, 11) is 3.02. The van der Waals surface area contributed by atoms with Crippen LogP contribution >= 0.6 is 15.9 Å². The lowest BCUT2D eigenvalue weighted by molar-refractivity contribution is -0.112. The normalized spacial score (nSPS) is 10.7. The largest absolute Gasteiger partial charge is 0.493 e. The van der Waals surface area contributed by atoms with Crippen molar-refractivity contribution >= 4 is 33.6 Å². The molecule has 0 aliphatic carbocycles. The fraction of sp³-hybridized carbons (Fsp3) is 0.200. The molecule has 0 atom stereocenters. The van der Waals surface area contributed by atoms with E-state index in [1.54, 1.807) is 30.3 Å². The predicted molar refractivity (Wildman–Crippen MR) is 107 cm³/mol. The Morgan fingerprint density at radius 3 is 2.37 bits per heavy atom. The number of anilines is 1. The van der Waals surface area contributed by atoms with Crippen LogP contribution in [0.25, 0.3) is 6.08 Å². The van der Waals surface area contributed by atoms with Crippen LogP contribution in [0.1, 0.15) is 12.5 Å². The zero-order chi connectivity index (χ0) is 19.8. The minimum atomic E-state index is -0.517. The summed E-state index contributed by atoms with van der Waals surface area (Å²) in [5, 5.41) is 12.1. The number of methoxy groups -OCH3 is 2. The van der Waals surface area contributed by atoms with Crippen LogP contribution in [0.5, 0.6) is 17.2 Å². The zero-order valence-electron chi connectivity index (χ0n) is 15.2. The highest BCUT2D eigenvalue weighted by Crippen LogP contribution is 2.39. The van der Waals surface area contributed by atoms with Gasteiger partial charge in [0.05, 0.1) is 26.5 Å². The number of hydrogen-bond donors (Lipinski definition) is 1. The number of nitrogens with zero attached hydrogens (tertiary/aromatic N) is 1. The van der Waals surface area contributed by atoms with Crippen molar-refractivity contribution in [3.63, 3.8) is 0 Å². The number of nitriles is 1. The Balaban J connectivity index is 2.38. The molecule has 0 spiro atoms. The number of para-hydroxylation sites is 1. The standard InChI is InChI=1S/C20H19BrN2O4/c1-4-27-19-17(25-2)10-13(11-18(19)26-3)9-14(12-22)20(24)23-16-8-6-5-7-15(16)21/h5-11H,4H2,1-3H3,(H,23,24)/b14-9+. The van der Waals surface area contributed by atoms with Gasteiger partial charge >= 0.3 is 0 Å². The molecule has 6 nitrogen and oxygen atoms in total. The molecule has 0 saturated heterocycles. The minimum absolute atomic E-state index is 0.0565. The summed E-state index contributed by atoms with van der Waals surface area (Å²) < 4.78 is 17.0. The van der Waals surface area contributed by atoms with Gasteiger partial charge in [0, 0.05) is 4.47 Å². The van der Waals surface area contributed by atoms with Gasteiger partial charge in [0.1, 0.15) is 11.6 Å². The van der Waals surface area contributed by atoms with Gasteiger partial charge in [-0.2, -0.15) is 5.26 Å². The van der Waals surface area contributed by atoms with Crippen LogP contribution in [-0.2, 0) is 4.79 Å². The molecule has 7 heteroatoms. The van der Waals surface area contributed by atoms with Crippen LogP contribution in [0.3, 0.4) is 0 Å². The predicted octanol–water partition coefficient (Wildman–Crippen LogP) is 4.41. The van der Waals surface area contributed by atoms with Crippen molar-refractivity contribution in [2.45, 2.75) is 6.92 Å². The monoisotopic (exact) mass is 430 g/mol. The molecule has 0 aliphatic rings. The van der Waals surface area contributed by atoms with Gasteiger partial charge in [-0.3, -0.25) is 4.79 Å². The highest BCUT2D eigenvalue weighted by atomic mass is 79.9. The first-order chi connectivity index (χ1) is 13.0. The highest BCUT2D eigenvalue weighted by Gasteiger charge is 2.16. The molecule has 2 aromatic rings. The van der Waals surface area contributed by atoms with E-state index in [1.807, 2.05) is 19.1 Å². The Hall–Kier alpha value is -2.98. The third-order valence-electron chi connectivity index (χ3n) is 3.57. The van der Waals surface area contributed by atoms with E-state index in [4.69, 9.17) is 14.2 Å². The van der Waals surface area contributed by atoms with Crippen LogP contribution in [0.2, 0.25) is 0 Å². The summed E-state index contributed by atoms with van der Waals surface area (Å²) in [6.45, 7) is 2.30. The van der Waals surface area contributed by atoms with Crippen molar-refractivity contribution in [3.05, 3.63) is 52.0 Å². The molecular formula is C20H19BrN2O4. The van der Waals surface area contributed by atoms with Gasteiger partial charge in [-0.15, -0.1) is 0 Å². The topological polar surface area (TPSA) is 80.6 Å². The van der Waals surface area contributed by atoms with Gasteiger partial charge in [0.25, 0.3) is 5.91 Å². The number of amides is 1. The summed E-state index contributed by atoms with van der Waals surface area (Å²) in [5.41, 5.74) is 1.09. The average Bonchev–Trinajstić information content (AvgIpc) is 2.68. The number of carbonyl (C=O) groups is 1. The number of rotatable bonds is 7. The Labute approximate surface area is 166 Å². The molecule has 27 heavy (non-hydrogen) atoms. The molecule has 1 N–H and O–H groups in total. The lowest BCUT2D eigenvalue weighted by Crippen LogP contribution is -2.13. The minimum Gasteiger partial charge on any atom is -0.493 e. The first-order valence-electron chi connectivity index (χ1n) is 8.10. The van der Waals surface area contributed by atoms with Crippen molar-refractivity contribution in [3.8, 4) is 23.3 Å². The molecule has 0 unspecified atom stereocenters. The summed E-state index contributed by atoms with van der Waals surface area (Å²) in [6.07, 6.45) is 1.47. The first-order valence-corrected chi connectivity index (χ1v) is 8.89. The first kappa shape index (κ1) is 20.3. The van der Waals surface area contributed by atoms with Gasteiger partial charge in [-0.25, -0.2) is 0 Å². The molecule has 0 aliphatic heterocycles. The van der Waals surface area contributed by atoms with Crippen LogP contribution < -0.4 is 19.5 Å². The number of nitrogens with one attached hydrogen (secondary N) is 1. The Bertz CT molecular complexity index is 878. The molecule has 0 fully saturated rings. The Kier molecular flexibility index (Phi) is 7.26. The number of ether oxygens (including phenoxy) is 3. The molecule has 0 bridgehead atoms. The summed E-state index contributed by atoms with van der Waals surface area (Å²) in [4.78, 5) is 12.5. The molecule has 2 aromatic carbocycles. The van der Waals surface area contributed by atoms with Gasteiger partial charge in [0.2, 0.25) is 5.75 Å². The molecule has 0 heterocycles. The molecule has 140 valence electrons. The van der Waals surface area contributed by atoms with E-state index in [-0.39, 0.29) is 5.57 Å². The van der Waals surface area contributed by atoms with Crippen LogP contribution in [0, 0.1) is 11.3 Å². The molecule has 2 rings (SSSR count). The molecular weight excluding hydrogens is 412 g/mol. The average molecular weight is 431 g/mol. The third kappa shape index (κ3) is 5.02. The maximum absolute atomic E-state index is 12.5. The lowest BCUT2D eigenvalue weighted by Gasteiger charge is -2.14. The van der Waals surface area contributed by atoms with Gasteiger partial charge < -0.3 is 19.5 Å². The second kappa shape index (κ2) is 9.64. The SMILES string of the molecule is CCOc1c(OC)cc(/C=C(\C#N)C(=O)Nc2ccccc2Br)cc1OC. The van der Waals surface area contributed by atoms with Crippen molar-refractivity contribution in [2.24, 2.45) is 0 Å². The maximum Gasteiger partial charge on any atom is 0.266 e. The fourth-order valence-electron chi connectivity index (χ4n) is 2.34. The molecule has 0 saturated carbocycles. The van der Waals surface area contributed by atoms with Gasteiger partial charge in [0.15, 0.2) is 11.5 Å². The lowest BCUT2D eigenvalue weighted by atomic mass is 10.1. The number of carbonyl (C=O) groups excluding carboxylic acids is 1. The van der Waals surface area contributed by atoms with Gasteiger partial charge in [-0.05, 0) is 58.8 Å². The van der Waals surface area contributed by atoms with Crippen LogP contribution in [-0.4, -0.2) is 26.7 Å². The van der Waals surface area contributed by atoms with Gasteiger partial charge in [-0.1, -0.05) is 12.1 Å². The summed E-state index contributed by atoms with van der Waals surface area (Å²) in [5.74, 6) is 0.851. The van der Waals surface area contributed by atoms with Crippen LogP contribution in [0.15, 0.2) is 46.4 Å². The molecule has 1 amide bonds. The summed E-state index contributed by atoms with van der Waals surface area (Å²) in [6, 6.07) is 12.4. The second-order valence-corrected chi connectivity index (χ2v) is 6.15. The van der Waals surface area contributed by atoms with E-state index < -0.39 is 5.91 Å². The number of halogens is 1. The van der Waals surface area contributed by atoms with E-state index in [0.717, 1.165) is 4.47 Å².